The van der Waals surface area contributed by atoms with Gasteiger partial charge in [-0.15, -0.1) is 0 Å². The van der Waals surface area contributed by atoms with Crippen LogP contribution in [0.5, 0.6) is 5.75 Å². The second kappa shape index (κ2) is 5.71. The first-order chi connectivity index (χ1) is 7.11. The Kier molecular flexibility index (Phi) is 4.56. The Balaban J connectivity index is 2.65. The van der Waals surface area contributed by atoms with Gasteiger partial charge < -0.3 is 9.84 Å². The number of aromatic nitrogens is 1. The van der Waals surface area contributed by atoms with Crippen LogP contribution < -0.4 is 4.74 Å². The summed E-state index contributed by atoms with van der Waals surface area (Å²) in [5.74, 6) is 1.06. The third kappa shape index (κ3) is 4.30. The molecule has 0 aliphatic rings. The van der Waals surface area contributed by atoms with Gasteiger partial charge in [0.25, 0.3) is 0 Å². The van der Waals surface area contributed by atoms with Gasteiger partial charge in [0.2, 0.25) is 0 Å². The van der Waals surface area contributed by atoms with E-state index in [0.29, 0.717) is 0 Å². The third-order valence-corrected chi connectivity index (χ3v) is 2.04. The molecule has 1 aromatic rings. The molecule has 1 N–H and O–H groups in total. The van der Waals surface area contributed by atoms with E-state index >= 15 is 0 Å². The highest BCUT2D eigenvalue weighted by atomic mass is 16.5. The van der Waals surface area contributed by atoms with Crippen molar-refractivity contribution in [2.75, 3.05) is 6.61 Å². The van der Waals surface area contributed by atoms with Crippen LogP contribution in [-0.2, 0) is 6.42 Å². The summed E-state index contributed by atoms with van der Waals surface area (Å²) in [6, 6.07) is 1.99. The standard InChI is InChI=1S/C12H19NO2/c1-9(2)15-12-5-11(6-13-7-12)4-10(3)8-14/h5-7,9-10,14H,4,8H2,1-3H3. The first kappa shape index (κ1) is 12.0. The van der Waals surface area contributed by atoms with Gasteiger partial charge in [-0.3, -0.25) is 4.98 Å². The average molecular weight is 209 g/mol. The molecule has 1 rings (SSSR count). The Hall–Kier alpha value is -1.09. The zero-order valence-corrected chi connectivity index (χ0v) is 9.60. The predicted molar refractivity (Wildman–Crippen MR) is 60.0 cm³/mol. The van der Waals surface area contributed by atoms with E-state index in [4.69, 9.17) is 9.84 Å². The molecule has 1 aromatic heterocycles. The number of pyridine rings is 1. The Labute approximate surface area is 91.1 Å². The van der Waals surface area contributed by atoms with E-state index in [1.165, 1.54) is 0 Å². The van der Waals surface area contributed by atoms with Crippen molar-refractivity contribution in [1.82, 2.24) is 4.98 Å². The quantitative estimate of drug-likeness (QED) is 0.807. The van der Waals surface area contributed by atoms with Crippen LogP contribution in [-0.4, -0.2) is 22.8 Å². The van der Waals surface area contributed by atoms with Gasteiger partial charge in [-0.2, -0.15) is 0 Å². The number of rotatable bonds is 5. The van der Waals surface area contributed by atoms with Crippen LogP contribution in [0.1, 0.15) is 26.3 Å². The summed E-state index contributed by atoms with van der Waals surface area (Å²) >= 11 is 0. The molecular weight excluding hydrogens is 190 g/mol. The van der Waals surface area contributed by atoms with E-state index in [-0.39, 0.29) is 18.6 Å². The maximum Gasteiger partial charge on any atom is 0.138 e. The van der Waals surface area contributed by atoms with Gasteiger partial charge in [0.1, 0.15) is 5.75 Å². The third-order valence-electron chi connectivity index (χ3n) is 2.04. The van der Waals surface area contributed by atoms with Crippen molar-refractivity contribution in [2.24, 2.45) is 5.92 Å². The van der Waals surface area contributed by atoms with Crippen molar-refractivity contribution in [2.45, 2.75) is 33.3 Å². The lowest BCUT2D eigenvalue weighted by atomic mass is 10.0. The molecule has 0 aliphatic heterocycles. The zero-order chi connectivity index (χ0) is 11.3. The average Bonchev–Trinajstić information content (AvgIpc) is 2.17. The van der Waals surface area contributed by atoms with Gasteiger partial charge in [-0.25, -0.2) is 0 Å². The molecule has 0 fully saturated rings. The van der Waals surface area contributed by atoms with E-state index in [9.17, 15) is 0 Å². The zero-order valence-electron chi connectivity index (χ0n) is 9.60. The highest BCUT2D eigenvalue weighted by Crippen LogP contribution is 2.15. The van der Waals surface area contributed by atoms with Crippen molar-refractivity contribution in [3.05, 3.63) is 24.0 Å². The number of ether oxygens (including phenoxy) is 1. The molecule has 0 aromatic carbocycles. The Bertz CT molecular complexity index is 299. The smallest absolute Gasteiger partial charge is 0.138 e. The number of nitrogens with zero attached hydrogens (tertiary/aromatic N) is 1. The topological polar surface area (TPSA) is 42.4 Å². The van der Waals surface area contributed by atoms with E-state index in [1.54, 1.807) is 6.20 Å². The molecule has 0 saturated heterocycles. The van der Waals surface area contributed by atoms with E-state index in [1.807, 2.05) is 33.0 Å². The van der Waals surface area contributed by atoms with Gasteiger partial charge in [-0.1, -0.05) is 6.92 Å². The SMILES string of the molecule is CC(CO)Cc1cncc(OC(C)C)c1. The first-order valence-corrected chi connectivity index (χ1v) is 5.33. The lowest BCUT2D eigenvalue weighted by Crippen LogP contribution is -2.08. The van der Waals surface area contributed by atoms with Crippen molar-refractivity contribution >= 4 is 0 Å². The monoisotopic (exact) mass is 209 g/mol. The predicted octanol–water partition coefficient (Wildman–Crippen LogP) is 2.04. The van der Waals surface area contributed by atoms with Crippen LogP contribution in [0, 0.1) is 5.92 Å². The Morgan fingerprint density at radius 3 is 2.67 bits per heavy atom. The van der Waals surface area contributed by atoms with Gasteiger partial charge in [-0.05, 0) is 37.8 Å². The lowest BCUT2D eigenvalue weighted by molar-refractivity contribution is 0.234. The summed E-state index contributed by atoms with van der Waals surface area (Å²) in [5, 5.41) is 8.96. The largest absolute Gasteiger partial charge is 0.489 e. The summed E-state index contributed by atoms with van der Waals surface area (Å²) in [6.07, 6.45) is 4.53. The fraction of sp³-hybridized carbons (Fsp3) is 0.583. The van der Waals surface area contributed by atoms with Gasteiger partial charge >= 0.3 is 0 Å². The molecule has 84 valence electrons. The van der Waals surface area contributed by atoms with Crippen molar-refractivity contribution < 1.29 is 9.84 Å². The van der Waals surface area contributed by atoms with Crippen LogP contribution in [0.4, 0.5) is 0 Å². The molecule has 0 bridgehead atoms. The van der Waals surface area contributed by atoms with Crippen molar-refractivity contribution in [3.63, 3.8) is 0 Å². The van der Waals surface area contributed by atoms with Crippen molar-refractivity contribution in [3.8, 4) is 5.75 Å². The maximum atomic E-state index is 8.96. The molecule has 1 heterocycles. The molecule has 3 heteroatoms. The van der Waals surface area contributed by atoms with E-state index < -0.39 is 0 Å². The molecule has 0 saturated carbocycles. The highest BCUT2D eigenvalue weighted by molar-refractivity contribution is 5.24. The fourth-order valence-electron chi connectivity index (χ4n) is 1.38. The molecule has 0 amide bonds. The Morgan fingerprint density at radius 2 is 2.07 bits per heavy atom. The molecular formula is C12H19NO2. The lowest BCUT2D eigenvalue weighted by Gasteiger charge is -2.11. The van der Waals surface area contributed by atoms with Gasteiger partial charge in [0, 0.05) is 12.8 Å². The minimum atomic E-state index is 0.164. The second-order valence-electron chi connectivity index (χ2n) is 4.19. The normalized spacial score (nSPS) is 12.9. The highest BCUT2D eigenvalue weighted by Gasteiger charge is 2.04. The Morgan fingerprint density at radius 1 is 1.33 bits per heavy atom. The number of aliphatic hydroxyl groups is 1. The van der Waals surface area contributed by atoms with Crippen molar-refractivity contribution in [1.29, 1.82) is 0 Å². The molecule has 1 unspecified atom stereocenters. The minimum absolute atomic E-state index is 0.164. The van der Waals surface area contributed by atoms with Crippen LogP contribution in [0.25, 0.3) is 0 Å². The molecule has 3 nitrogen and oxygen atoms in total. The molecule has 0 aliphatic carbocycles. The molecule has 0 radical (unpaired) electrons. The number of hydrogen-bond donors (Lipinski definition) is 1. The van der Waals surface area contributed by atoms with E-state index in [0.717, 1.165) is 17.7 Å². The van der Waals surface area contributed by atoms with Crippen LogP contribution in [0.15, 0.2) is 18.5 Å². The second-order valence-corrected chi connectivity index (χ2v) is 4.19. The van der Waals surface area contributed by atoms with Crippen LogP contribution in [0.3, 0.4) is 0 Å². The fourth-order valence-corrected chi connectivity index (χ4v) is 1.38. The summed E-state index contributed by atoms with van der Waals surface area (Å²) in [5.41, 5.74) is 1.11. The summed E-state index contributed by atoms with van der Waals surface area (Å²) in [4.78, 5) is 4.12. The molecule has 15 heavy (non-hydrogen) atoms. The van der Waals surface area contributed by atoms with Gasteiger partial charge in [0.05, 0.1) is 12.3 Å². The van der Waals surface area contributed by atoms with E-state index in [2.05, 4.69) is 4.98 Å². The summed E-state index contributed by atoms with van der Waals surface area (Å²) in [7, 11) is 0. The first-order valence-electron chi connectivity index (χ1n) is 5.33. The number of hydrogen-bond acceptors (Lipinski definition) is 3. The minimum Gasteiger partial charge on any atom is -0.489 e. The van der Waals surface area contributed by atoms with Gasteiger partial charge in [0.15, 0.2) is 0 Å². The summed E-state index contributed by atoms with van der Waals surface area (Å²) < 4.78 is 5.55. The maximum absolute atomic E-state index is 8.96. The summed E-state index contributed by atoms with van der Waals surface area (Å²) in [6.45, 7) is 6.19. The van der Waals surface area contributed by atoms with Crippen LogP contribution >= 0.6 is 0 Å². The van der Waals surface area contributed by atoms with Crippen LogP contribution in [0.2, 0.25) is 0 Å². The number of aliphatic hydroxyl groups excluding tert-OH is 1. The molecule has 1 atom stereocenters. The molecule has 0 spiro atoms.